The predicted molar refractivity (Wildman–Crippen MR) is 107 cm³/mol. The first-order chi connectivity index (χ1) is 14.1. The molecule has 0 aliphatic heterocycles. The van der Waals surface area contributed by atoms with Gasteiger partial charge in [0.05, 0.1) is 40.3 Å². The zero-order valence-corrected chi connectivity index (χ0v) is 15.7. The first-order valence-corrected chi connectivity index (χ1v) is 8.92. The van der Waals surface area contributed by atoms with Crippen molar-refractivity contribution in [2.45, 2.75) is 13.8 Å². The number of aryl methyl sites for hydroxylation is 2. The summed E-state index contributed by atoms with van der Waals surface area (Å²) in [6.45, 7) is 3.91. The van der Waals surface area contributed by atoms with E-state index in [1.54, 1.807) is 27.5 Å². The molecule has 9 heteroatoms. The Bertz CT molecular complexity index is 1400. The second kappa shape index (κ2) is 6.38. The van der Waals surface area contributed by atoms with E-state index in [-0.39, 0.29) is 0 Å². The van der Waals surface area contributed by atoms with Gasteiger partial charge in [-0.05, 0) is 49.7 Å². The van der Waals surface area contributed by atoms with Gasteiger partial charge in [0.25, 0.3) is 0 Å². The van der Waals surface area contributed by atoms with Gasteiger partial charge in [-0.2, -0.15) is 20.4 Å². The quantitative estimate of drug-likeness (QED) is 0.511. The van der Waals surface area contributed by atoms with E-state index in [2.05, 4.69) is 36.5 Å². The molecule has 140 valence electrons. The van der Waals surface area contributed by atoms with Gasteiger partial charge in [-0.25, -0.2) is 19.2 Å². The average Bonchev–Trinajstić information content (AvgIpc) is 3.32. The third-order valence-electron chi connectivity index (χ3n) is 4.72. The van der Waals surface area contributed by atoms with Crippen LogP contribution < -0.4 is 5.32 Å². The van der Waals surface area contributed by atoms with Crippen LogP contribution in [0, 0.1) is 25.2 Å². The first-order valence-electron chi connectivity index (χ1n) is 8.92. The molecule has 0 saturated carbocycles. The summed E-state index contributed by atoms with van der Waals surface area (Å²) in [5.41, 5.74) is 5.55. The Balaban J connectivity index is 1.58. The Morgan fingerprint density at radius 1 is 1.10 bits per heavy atom. The predicted octanol–water partition coefficient (Wildman–Crippen LogP) is 3.09. The van der Waals surface area contributed by atoms with E-state index in [0.29, 0.717) is 17.2 Å². The van der Waals surface area contributed by atoms with Gasteiger partial charge in [0, 0.05) is 6.20 Å². The van der Waals surface area contributed by atoms with Crippen LogP contribution in [-0.4, -0.2) is 34.3 Å². The van der Waals surface area contributed by atoms with Crippen LogP contribution in [-0.2, 0) is 0 Å². The van der Waals surface area contributed by atoms with E-state index in [9.17, 15) is 0 Å². The Morgan fingerprint density at radius 3 is 2.72 bits per heavy atom. The molecule has 29 heavy (non-hydrogen) atoms. The largest absolute Gasteiger partial charge is 0.323 e. The van der Waals surface area contributed by atoms with Crippen LogP contribution >= 0.6 is 0 Å². The minimum Gasteiger partial charge on any atom is -0.323 e. The fourth-order valence-electron chi connectivity index (χ4n) is 3.17. The van der Waals surface area contributed by atoms with Gasteiger partial charge in [0.15, 0.2) is 11.3 Å². The highest BCUT2D eigenvalue weighted by molar-refractivity contribution is 5.80. The average molecular weight is 381 g/mol. The molecular formula is C20H15N9. The molecule has 1 aromatic carbocycles. The molecule has 0 amide bonds. The molecule has 1 N–H and O–H groups in total. The summed E-state index contributed by atoms with van der Waals surface area (Å²) < 4.78 is 3.45. The molecule has 4 heterocycles. The lowest BCUT2D eigenvalue weighted by Gasteiger charge is -2.09. The lowest BCUT2D eigenvalue weighted by molar-refractivity contribution is 0.877. The molecule has 0 spiro atoms. The van der Waals surface area contributed by atoms with Crippen molar-refractivity contribution in [1.82, 2.24) is 34.3 Å². The maximum absolute atomic E-state index is 9.01. The van der Waals surface area contributed by atoms with Crippen LogP contribution in [0.25, 0.3) is 22.4 Å². The zero-order valence-electron chi connectivity index (χ0n) is 15.7. The van der Waals surface area contributed by atoms with E-state index in [1.807, 2.05) is 38.2 Å². The summed E-state index contributed by atoms with van der Waals surface area (Å²) >= 11 is 0. The van der Waals surface area contributed by atoms with E-state index >= 15 is 0 Å². The molecule has 4 aromatic heterocycles. The second-order valence-corrected chi connectivity index (χ2v) is 6.64. The number of fused-ring (bicyclic) bond motifs is 2. The van der Waals surface area contributed by atoms with Crippen LogP contribution in [0.3, 0.4) is 0 Å². The van der Waals surface area contributed by atoms with Gasteiger partial charge in [0.2, 0.25) is 5.95 Å². The minimum atomic E-state index is 0.454. The third-order valence-corrected chi connectivity index (χ3v) is 4.72. The number of pyridine rings is 1. The molecule has 0 radical (unpaired) electrons. The second-order valence-electron chi connectivity index (χ2n) is 6.64. The Kier molecular flexibility index (Phi) is 3.70. The molecule has 9 nitrogen and oxygen atoms in total. The van der Waals surface area contributed by atoms with Crippen LogP contribution in [0.1, 0.15) is 16.8 Å². The highest BCUT2D eigenvalue weighted by Gasteiger charge is 2.13. The standard InChI is InChI=1S/C20H15N9/c1-12-7-18-23-11-24-28(18)10-17(12)25-20-22-9-16-13(2)27-29(19(16)26-20)15-5-3-14(8-21)4-6-15/h3-7,9-11H,1-2H3,(H,22,25,26). The van der Waals surface area contributed by atoms with Crippen LogP contribution in [0.5, 0.6) is 0 Å². The van der Waals surface area contributed by atoms with E-state index in [0.717, 1.165) is 33.7 Å². The molecule has 0 fully saturated rings. The third kappa shape index (κ3) is 2.83. The van der Waals surface area contributed by atoms with Crippen molar-refractivity contribution >= 4 is 28.3 Å². The van der Waals surface area contributed by atoms with Crippen molar-refractivity contribution in [1.29, 1.82) is 5.26 Å². The van der Waals surface area contributed by atoms with Gasteiger partial charge in [-0.3, -0.25) is 0 Å². The van der Waals surface area contributed by atoms with Crippen molar-refractivity contribution in [3.05, 3.63) is 65.9 Å². The SMILES string of the molecule is Cc1cc2ncnn2cc1Nc1ncc2c(C)nn(-c3ccc(C#N)cc3)c2n1. The maximum Gasteiger partial charge on any atom is 0.229 e. The van der Waals surface area contributed by atoms with E-state index in [4.69, 9.17) is 5.26 Å². The number of hydrogen-bond donors (Lipinski definition) is 1. The van der Waals surface area contributed by atoms with Crippen LogP contribution in [0.2, 0.25) is 0 Å². The topological polar surface area (TPSA) is 110 Å². The number of nitrogens with zero attached hydrogens (tertiary/aromatic N) is 8. The minimum absolute atomic E-state index is 0.454. The number of rotatable bonds is 3. The van der Waals surface area contributed by atoms with Crippen LogP contribution in [0.15, 0.2) is 49.1 Å². The summed E-state index contributed by atoms with van der Waals surface area (Å²) in [7, 11) is 0. The number of anilines is 2. The molecule has 0 aliphatic carbocycles. The van der Waals surface area contributed by atoms with Gasteiger partial charge in [-0.1, -0.05) is 0 Å². The number of hydrogen-bond acceptors (Lipinski definition) is 7. The Labute approximate surface area is 165 Å². The molecule has 5 aromatic rings. The van der Waals surface area contributed by atoms with Crippen LogP contribution in [0.4, 0.5) is 11.6 Å². The fraction of sp³-hybridized carbons (Fsp3) is 0.100. The highest BCUT2D eigenvalue weighted by Crippen LogP contribution is 2.23. The Morgan fingerprint density at radius 2 is 1.93 bits per heavy atom. The highest BCUT2D eigenvalue weighted by atomic mass is 15.3. The number of aromatic nitrogens is 7. The van der Waals surface area contributed by atoms with E-state index < -0.39 is 0 Å². The number of nitrogens with one attached hydrogen (secondary N) is 1. The van der Waals surface area contributed by atoms with Crippen molar-refractivity contribution in [2.75, 3.05) is 5.32 Å². The number of benzene rings is 1. The molecule has 5 rings (SSSR count). The van der Waals surface area contributed by atoms with Crippen molar-refractivity contribution in [2.24, 2.45) is 0 Å². The summed E-state index contributed by atoms with van der Waals surface area (Å²) in [6, 6.07) is 11.3. The Hall–Kier alpha value is -4.32. The van der Waals surface area contributed by atoms with Crippen molar-refractivity contribution in [3.8, 4) is 11.8 Å². The van der Waals surface area contributed by atoms with Gasteiger partial charge >= 0.3 is 0 Å². The van der Waals surface area contributed by atoms with Crippen molar-refractivity contribution in [3.63, 3.8) is 0 Å². The lowest BCUT2D eigenvalue weighted by atomic mass is 10.2. The fourth-order valence-corrected chi connectivity index (χ4v) is 3.17. The maximum atomic E-state index is 9.01. The molecule has 0 bridgehead atoms. The monoisotopic (exact) mass is 381 g/mol. The van der Waals surface area contributed by atoms with Gasteiger partial charge in [-0.15, -0.1) is 0 Å². The van der Waals surface area contributed by atoms with Crippen molar-refractivity contribution < 1.29 is 0 Å². The van der Waals surface area contributed by atoms with E-state index in [1.165, 1.54) is 6.33 Å². The summed E-state index contributed by atoms with van der Waals surface area (Å²) in [6.07, 6.45) is 5.13. The number of nitriles is 1. The molecule has 0 atom stereocenters. The summed E-state index contributed by atoms with van der Waals surface area (Å²) in [4.78, 5) is 13.3. The molecule has 0 unspecified atom stereocenters. The zero-order chi connectivity index (χ0) is 20.0. The lowest BCUT2D eigenvalue weighted by Crippen LogP contribution is -2.03. The first kappa shape index (κ1) is 16.8. The molecule has 0 aliphatic rings. The smallest absolute Gasteiger partial charge is 0.229 e. The van der Waals surface area contributed by atoms with Gasteiger partial charge < -0.3 is 5.32 Å². The summed E-state index contributed by atoms with van der Waals surface area (Å²) in [5.74, 6) is 0.454. The normalized spacial score (nSPS) is 11.1. The molecule has 0 saturated heterocycles. The molecular weight excluding hydrogens is 366 g/mol. The summed E-state index contributed by atoms with van der Waals surface area (Å²) in [5, 5.41) is 21.9. The van der Waals surface area contributed by atoms with Gasteiger partial charge in [0.1, 0.15) is 6.33 Å².